The molecule has 0 unspecified atom stereocenters. The van der Waals surface area contributed by atoms with Crippen molar-refractivity contribution in [2.45, 2.75) is 0 Å². The van der Waals surface area contributed by atoms with Crippen LogP contribution in [-0.2, 0) is 18.4 Å². The first-order valence-electron chi connectivity index (χ1n) is 1.74. The topological polar surface area (TPSA) is 145 Å². The predicted octanol–water partition coefficient (Wildman–Crippen LogP) is -1.48. The van der Waals surface area contributed by atoms with E-state index in [4.69, 9.17) is 14.4 Å². The molecule has 0 fully saturated rings. The van der Waals surface area contributed by atoms with E-state index in [1.165, 1.54) is 0 Å². The molecule has 0 aromatic rings. The second-order valence-corrected chi connectivity index (χ2v) is 2.30. The fraction of sp³-hybridized carbons (Fsp3) is 0. The maximum Gasteiger partial charge on any atom is 0.351 e. The second-order valence-electron chi connectivity index (χ2n) is 0.768. The number of hydrogen-bond donors (Lipinski definition) is 4. The molecule has 10 heavy (non-hydrogen) atoms. The Hall–Kier alpha value is 0.220. The Labute approximate surface area is 57.5 Å². The zero-order chi connectivity index (χ0) is 8.57. The van der Waals surface area contributed by atoms with Gasteiger partial charge in [-0.3, -0.25) is 9.13 Å². The van der Waals surface area contributed by atoms with E-state index < -0.39 is 16.5 Å². The molecule has 0 aliphatic carbocycles. The lowest BCUT2D eigenvalue weighted by atomic mass is 13.6. The lowest BCUT2D eigenvalue weighted by Crippen LogP contribution is -1.94. The summed E-state index contributed by atoms with van der Waals surface area (Å²) in [7, 11) is -5.69. The number of nitrogens with two attached hydrogens (primary N) is 2. The molecule has 8 nitrogen and oxygen atoms in total. The molecule has 0 radical (unpaired) electrons. The maximum absolute atomic E-state index is 9.67. The maximum atomic E-state index is 9.67. The average Bonchev–Trinajstić information content (AvgIpc) is 1.85. The van der Waals surface area contributed by atoms with Gasteiger partial charge in [0.1, 0.15) is 0 Å². The van der Waals surface area contributed by atoms with Crippen LogP contribution >= 0.6 is 16.5 Å². The van der Waals surface area contributed by atoms with Crippen LogP contribution in [0.15, 0.2) is 0 Å². The van der Waals surface area contributed by atoms with Gasteiger partial charge in [0.2, 0.25) is 0 Å². The molecule has 0 aromatic heterocycles. The lowest BCUT2D eigenvalue weighted by molar-refractivity contribution is 0.234. The molecule has 0 bridgehead atoms. The Morgan fingerprint density at radius 3 is 1.30 bits per heavy atom. The van der Waals surface area contributed by atoms with Crippen molar-refractivity contribution in [1.29, 1.82) is 0 Å². The fourth-order valence-corrected chi connectivity index (χ4v) is 0.0833. The average molecular weight is 194 g/mol. The van der Waals surface area contributed by atoms with E-state index in [1.807, 2.05) is 0 Å². The number of rotatable bonds is 2. The van der Waals surface area contributed by atoms with Crippen LogP contribution in [0, 0.1) is 0 Å². The van der Waals surface area contributed by atoms with Gasteiger partial charge in [-0.2, -0.15) is 0 Å². The van der Waals surface area contributed by atoms with Crippen LogP contribution in [-0.4, -0.2) is 9.79 Å². The zero-order valence-electron chi connectivity index (χ0n) is 4.68. The van der Waals surface area contributed by atoms with Crippen LogP contribution in [0.3, 0.4) is 0 Å². The summed E-state index contributed by atoms with van der Waals surface area (Å²) in [5, 5.41) is 0. The van der Waals surface area contributed by atoms with E-state index in [0.29, 0.717) is 0 Å². The van der Waals surface area contributed by atoms with E-state index in [1.54, 1.807) is 0 Å². The van der Waals surface area contributed by atoms with Gasteiger partial charge in [-0.15, -0.1) is 0 Å². The largest absolute Gasteiger partial charge is 0.351 e. The van der Waals surface area contributed by atoms with Crippen LogP contribution < -0.4 is 11.8 Å². The third kappa shape index (κ3) is 24.1. The summed E-state index contributed by atoms with van der Waals surface area (Å²) in [5.74, 6) is 8.62. The molecule has 0 saturated heterocycles. The summed E-state index contributed by atoms with van der Waals surface area (Å²) in [6.45, 7) is 0. The molecule has 0 rings (SSSR count). The Kier molecular flexibility index (Phi) is 11.9. The fourth-order valence-electron chi connectivity index (χ4n) is 0.0278. The highest BCUT2D eigenvalue weighted by Crippen LogP contribution is 2.14. The monoisotopic (exact) mass is 194 g/mol. The standard InChI is InChI=1S/H5N2O3P.H3O3P/c1-4-6(3)5-2;1-4(2)3/h6H,1-2H2;4H,(H2,1,2,3). The van der Waals surface area contributed by atoms with Crippen molar-refractivity contribution in [3.63, 3.8) is 0 Å². The van der Waals surface area contributed by atoms with E-state index >= 15 is 0 Å². The molecular formula is H8N2O6P2. The summed E-state index contributed by atoms with van der Waals surface area (Å²) < 4.78 is 25.6. The molecule has 0 amide bonds. The van der Waals surface area contributed by atoms with Gasteiger partial charge in [0.25, 0.3) is 0 Å². The summed E-state index contributed by atoms with van der Waals surface area (Å²) in [6, 6.07) is 0. The molecule has 0 heterocycles. The van der Waals surface area contributed by atoms with Gasteiger partial charge < -0.3 is 9.79 Å². The van der Waals surface area contributed by atoms with Crippen molar-refractivity contribution in [3.8, 4) is 0 Å². The van der Waals surface area contributed by atoms with Crippen molar-refractivity contribution in [1.82, 2.24) is 0 Å². The lowest BCUT2D eigenvalue weighted by Gasteiger charge is -1.87. The SMILES string of the molecule is NO[PH](=O)ON.O=[PH](O)O. The molecule has 0 atom stereocenters. The highest BCUT2D eigenvalue weighted by atomic mass is 31.1. The molecular weight excluding hydrogens is 186 g/mol. The van der Waals surface area contributed by atoms with Crippen LogP contribution in [0.1, 0.15) is 0 Å². The van der Waals surface area contributed by atoms with Crippen molar-refractivity contribution in [2.24, 2.45) is 11.8 Å². The quantitative estimate of drug-likeness (QED) is 0.307. The Morgan fingerprint density at radius 2 is 1.30 bits per heavy atom. The first-order chi connectivity index (χ1) is 4.54. The van der Waals surface area contributed by atoms with E-state index in [-0.39, 0.29) is 0 Å². The van der Waals surface area contributed by atoms with E-state index in [9.17, 15) is 4.57 Å². The van der Waals surface area contributed by atoms with Gasteiger partial charge in [0.15, 0.2) is 0 Å². The summed E-state index contributed by atoms with van der Waals surface area (Å²) in [6.07, 6.45) is 0. The molecule has 0 aromatic carbocycles. The third-order valence-electron chi connectivity index (χ3n) is 0.192. The minimum absolute atomic E-state index is 2.56. The van der Waals surface area contributed by atoms with Crippen LogP contribution in [0.2, 0.25) is 0 Å². The molecule has 0 spiro atoms. The summed E-state index contributed by atoms with van der Waals surface area (Å²) in [4.78, 5) is 14.3. The van der Waals surface area contributed by atoms with E-state index in [0.717, 1.165) is 0 Å². The Morgan fingerprint density at radius 1 is 1.10 bits per heavy atom. The smallest absolute Gasteiger partial charge is 0.326 e. The predicted molar refractivity (Wildman–Crippen MR) is 33.0 cm³/mol. The third-order valence-corrected chi connectivity index (χ3v) is 0.577. The first kappa shape index (κ1) is 12.9. The van der Waals surface area contributed by atoms with Crippen LogP contribution in [0.25, 0.3) is 0 Å². The van der Waals surface area contributed by atoms with Crippen molar-refractivity contribution in [3.05, 3.63) is 0 Å². The first-order valence-corrected chi connectivity index (χ1v) is 4.26. The van der Waals surface area contributed by atoms with Gasteiger partial charge in [-0.25, -0.2) is 21.0 Å². The zero-order valence-corrected chi connectivity index (χ0v) is 6.68. The van der Waals surface area contributed by atoms with Gasteiger partial charge in [0.05, 0.1) is 0 Å². The van der Waals surface area contributed by atoms with Crippen LogP contribution in [0.4, 0.5) is 0 Å². The molecule has 0 saturated carbocycles. The van der Waals surface area contributed by atoms with Gasteiger partial charge in [0, 0.05) is 0 Å². The van der Waals surface area contributed by atoms with Gasteiger partial charge in [-0.05, 0) is 0 Å². The highest BCUT2D eigenvalue weighted by Gasteiger charge is 1.85. The van der Waals surface area contributed by atoms with Crippen LogP contribution in [0.5, 0.6) is 0 Å². The Bertz CT molecular complexity index is 102. The molecule has 64 valence electrons. The van der Waals surface area contributed by atoms with Crippen molar-refractivity contribution >= 4 is 16.5 Å². The molecule has 0 aliphatic rings. The van der Waals surface area contributed by atoms with Gasteiger partial charge in [-0.1, -0.05) is 0 Å². The molecule has 6 N–H and O–H groups in total. The van der Waals surface area contributed by atoms with Crippen molar-refractivity contribution in [2.75, 3.05) is 0 Å². The highest BCUT2D eigenvalue weighted by molar-refractivity contribution is 7.33. The Balaban J connectivity index is 0. The minimum atomic E-state index is -3.13. The normalized spacial score (nSPS) is 9.40. The minimum Gasteiger partial charge on any atom is -0.326 e. The number of hydrogen-bond acceptors (Lipinski definition) is 6. The van der Waals surface area contributed by atoms with Gasteiger partial charge >= 0.3 is 16.5 Å². The summed E-state index contributed by atoms with van der Waals surface area (Å²) in [5.41, 5.74) is 0. The second kappa shape index (κ2) is 9.22. The van der Waals surface area contributed by atoms with Crippen molar-refractivity contribution < 1.29 is 28.2 Å². The molecule has 10 heteroatoms. The molecule has 0 aliphatic heterocycles. The van der Waals surface area contributed by atoms with E-state index in [2.05, 4.69) is 21.0 Å². The summed E-state index contributed by atoms with van der Waals surface area (Å²) >= 11 is 0.